The zero-order chi connectivity index (χ0) is 12.4. The first-order chi connectivity index (χ1) is 7.54. The Balaban J connectivity index is 3.70. The smallest absolute Gasteiger partial charge is 0.214 e. The molecule has 16 heavy (non-hydrogen) atoms. The standard InChI is InChI=1S/C11H24N2O2S/c1-4-8-12-9-6-7-11-16(14,15)13(3)10-5-2/h5,12H,2,4,6-11H2,1,3H3. The molecule has 0 heterocycles. The van der Waals surface area contributed by atoms with E-state index in [4.69, 9.17) is 0 Å². The number of nitrogens with zero attached hydrogens (tertiary/aromatic N) is 1. The van der Waals surface area contributed by atoms with Gasteiger partial charge in [-0.15, -0.1) is 6.58 Å². The van der Waals surface area contributed by atoms with Crippen molar-refractivity contribution in [2.45, 2.75) is 26.2 Å². The molecule has 0 saturated heterocycles. The lowest BCUT2D eigenvalue weighted by Crippen LogP contribution is -2.29. The van der Waals surface area contributed by atoms with Gasteiger partial charge in [0.1, 0.15) is 0 Å². The van der Waals surface area contributed by atoms with E-state index in [0.29, 0.717) is 13.0 Å². The van der Waals surface area contributed by atoms with Gasteiger partial charge in [0.15, 0.2) is 0 Å². The van der Waals surface area contributed by atoms with Crippen molar-refractivity contribution in [2.24, 2.45) is 0 Å². The molecule has 0 aliphatic heterocycles. The summed E-state index contributed by atoms with van der Waals surface area (Å²) in [5.41, 5.74) is 0. The third-order valence-electron chi connectivity index (χ3n) is 2.29. The van der Waals surface area contributed by atoms with E-state index in [-0.39, 0.29) is 5.75 Å². The van der Waals surface area contributed by atoms with Gasteiger partial charge in [-0.2, -0.15) is 0 Å². The topological polar surface area (TPSA) is 49.4 Å². The largest absolute Gasteiger partial charge is 0.317 e. The number of hydrogen-bond donors (Lipinski definition) is 1. The molecular formula is C11H24N2O2S. The van der Waals surface area contributed by atoms with Gasteiger partial charge in [0.2, 0.25) is 10.0 Å². The van der Waals surface area contributed by atoms with Crippen LogP contribution in [0.5, 0.6) is 0 Å². The van der Waals surface area contributed by atoms with Gasteiger partial charge < -0.3 is 5.32 Å². The second-order valence-corrected chi connectivity index (χ2v) is 6.04. The predicted octanol–water partition coefficient (Wildman–Crippen LogP) is 1.21. The Morgan fingerprint density at radius 1 is 1.31 bits per heavy atom. The van der Waals surface area contributed by atoms with Gasteiger partial charge in [-0.25, -0.2) is 12.7 Å². The zero-order valence-corrected chi connectivity index (χ0v) is 11.2. The molecule has 0 bridgehead atoms. The zero-order valence-electron chi connectivity index (χ0n) is 10.4. The highest BCUT2D eigenvalue weighted by Gasteiger charge is 2.15. The Labute approximate surface area is 99.8 Å². The van der Waals surface area contributed by atoms with Crippen LogP contribution in [0.25, 0.3) is 0 Å². The Bertz CT molecular complexity index is 276. The van der Waals surface area contributed by atoms with Gasteiger partial charge >= 0.3 is 0 Å². The van der Waals surface area contributed by atoms with Crippen molar-refractivity contribution in [3.05, 3.63) is 12.7 Å². The van der Waals surface area contributed by atoms with Crippen LogP contribution in [0.4, 0.5) is 0 Å². The first-order valence-electron chi connectivity index (χ1n) is 5.80. The normalized spacial score (nSPS) is 11.9. The van der Waals surface area contributed by atoms with Crippen molar-refractivity contribution in [1.82, 2.24) is 9.62 Å². The highest BCUT2D eigenvalue weighted by molar-refractivity contribution is 7.89. The molecule has 4 nitrogen and oxygen atoms in total. The summed E-state index contributed by atoms with van der Waals surface area (Å²) in [7, 11) is -1.49. The van der Waals surface area contributed by atoms with Crippen LogP contribution in [0.3, 0.4) is 0 Å². The molecule has 0 aromatic carbocycles. The second kappa shape index (κ2) is 8.73. The number of sulfonamides is 1. The van der Waals surface area contributed by atoms with Crippen LogP contribution in [0.1, 0.15) is 26.2 Å². The van der Waals surface area contributed by atoms with E-state index in [1.807, 2.05) is 0 Å². The van der Waals surface area contributed by atoms with Crippen LogP contribution in [0.15, 0.2) is 12.7 Å². The summed E-state index contributed by atoms with van der Waals surface area (Å²) in [6, 6.07) is 0. The minimum Gasteiger partial charge on any atom is -0.317 e. The fourth-order valence-corrected chi connectivity index (χ4v) is 2.50. The molecular weight excluding hydrogens is 224 g/mol. The number of unbranched alkanes of at least 4 members (excludes halogenated alkanes) is 1. The first-order valence-corrected chi connectivity index (χ1v) is 7.41. The van der Waals surface area contributed by atoms with Crippen molar-refractivity contribution < 1.29 is 8.42 Å². The number of likely N-dealkylation sites (N-methyl/N-ethyl adjacent to an activating group) is 1. The van der Waals surface area contributed by atoms with Crippen LogP contribution >= 0.6 is 0 Å². The molecule has 5 heteroatoms. The molecule has 0 spiro atoms. The fraction of sp³-hybridized carbons (Fsp3) is 0.818. The lowest BCUT2D eigenvalue weighted by molar-refractivity contribution is 0.495. The van der Waals surface area contributed by atoms with Crippen LogP contribution < -0.4 is 5.32 Å². The molecule has 0 amide bonds. The minimum absolute atomic E-state index is 0.227. The number of hydrogen-bond acceptors (Lipinski definition) is 3. The summed E-state index contributed by atoms with van der Waals surface area (Å²) in [4.78, 5) is 0. The fourth-order valence-electron chi connectivity index (χ4n) is 1.29. The average molecular weight is 248 g/mol. The maximum absolute atomic E-state index is 11.7. The molecule has 0 atom stereocenters. The average Bonchev–Trinajstić information content (AvgIpc) is 2.23. The van der Waals surface area contributed by atoms with Gasteiger partial charge in [-0.1, -0.05) is 13.0 Å². The van der Waals surface area contributed by atoms with Crippen LogP contribution in [-0.4, -0.2) is 45.2 Å². The van der Waals surface area contributed by atoms with E-state index in [1.165, 1.54) is 4.31 Å². The van der Waals surface area contributed by atoms with Crippen molar-refractivity contribution in [3.63, 3.8) is 0 Å². The Morgan fingerprint density at radius 2 is 2.00 bits per heavy atom. The first kappa shape index (κ1) is 15.6. The van der Waals surface area contributed by atoms with E-state index in [2.05, 4.69) is 18.8 Å². The number of rotatable bonds is 10. The van der Waals surface area contributed by atoms with Gasteiger partial charge in [-0.3, -0.25) is 0 Å². The second-order valence-electron chi connectivity index (χ2n) is 3.84. The monoisotopic (exact) mass is 248 g/mol. The van der Waals surface area contributed by atoms with Crippen molar-refractivity contribution in [3.8, 4) is 0 Å². The van der Waals surface area contributed by atoms with E-state index in [9.17, 15) is 8.42 Å². The van der Waals surface area contributed by atoms with Crippen LogP contribution in [0.2, 0.25) is 0 Å². The summed E-state index contributed by atoms with van der Waals surface area (Å²) in [6.07, 6.45) is 4.32. The summed E-state index contributed by atoms with van der Waals surface area (Å²) in [5, 5.41) is 3.25. The minimum atomic E-state index is -3.08. The van der Waals surface area contributed by atoms with E-state index < -0.39 is 10.0 Å². The third kappa shape index (κ3) is 6.98. The lowest BCUT2D eigenvalue weighted by Gasteiger charge is -2.14. The highest BCUT2D eigenvalue weighted by Crippen LogP contribution is 2.02. The van der Waals surface area contributed by atoms with Gasteiger partial charge in [0.05, 0.1) is 5.75 Å². The van der Waals surface area contributed by atoms with Crippen LogP contribution in [-0.2, 0) is 10.0 Å². The third-order valence-corrected chi connectivity index (χ3v) is 4.20. The van der Waals surface area contributed by atoms with Crippen molar-refractivity contribution >= 4 is 10.0 Å². The van der Waals surface area contributed by atoms with Crippen LogP contribution in [0, 0.1) is 0 Å². The molecule has 0 aromatic rings. The lowest BCUT2D eigenvalue weighted by atomic mass is 10.3. The molecule has 96 valence electrons. The molecule has 1 N–H and O–H groups in total. The highest BCUT2D eigenvalue weighted by atomic mass is 32.2. The Morgan fingerprint density at radius 3 is 2.56 bits per heavy atom. The van der Waals surface area contributed by atoms with Gasteiger partial charge in [0, 0.05) is 13.6 Å². The quantitative estimate of drug-likeness (QED) is 0.467. The van der Waals surface area contributed by atoms with Gasteiger partial charge in [0.25, 0.3) is 0 Å². The predicted molar refractivity (Wildman–Crippen MR) is 69.0 cm³/mol. The summed E-state index contributed by atoms with van der Waals surface area (Å²) < 4.78 is 24.7. The molecule has 0 unspecified atom stereocenters. The number of nitrogens with one attached hydrogen (secondary N) is 1. The van der Waals surface area contributed by atoms with E-state index in [0.717, 1.165) is 25.9 Å². The molecule has 0 rings (SSSR count). The molecule has 0 radical (unpaired) electrons. The Hall–Kier alpha value is -0.390. The molecule has 0 fully saturated rings. The molecule has 0 aliphatic carbocycles. The molecule has 0 aliphatic rings. The maximum atomic E-state index is 11.7. The maximum Gasteiger partial charge on any atom is 0.214 e. The van der Waals surface area contributed by atoms with E-state index >= 15 is 0 Å². The molecule has 0 saturated carbocycles. The van der Waals surface area contributed by atoms with E-state index in [1.54, 1.807) is 13.1 Å². The summed E-state index contributed by atoms with van der Waals surface area (Å²) >= 11 is 0. The van der Waals surface area contributed by atoms with Crippen molar-refractivity contribution in [1.29, 1.82) is 0 Å². The van der Waals surface area contributed by atoms with Gasteiger partial charge in [-0.05, 0) is 32.4 Å². The summed E-state index contributed by atoms with van der Waals surface area (Å²) in [6.45, 7) is 7.93. The van der Waals surface area contributed by atoms with Crippen molar-refractivity contribution in [2.75, 3.05) is 32.4 Å². The summed E-state index contributed by atoms with van der Waals surface area (Å²) in [5.74, 6) is 0.227. The molecule has 0 aromatic heterocycles. The SMILES string of the molecule is C=CCN(C)S(=O)(=O)CCCCNCCC. The Kier molecular flexibility index (Phi) is 8.51.